The minimum Gasteiger partial charge on any atom is -0.456 e. The van der Waals surface area contributed by atoms with Crippen LogP contribution in [0.1, 0.15) is 0 Å². The van der Waals surface area contributed by atoms with E-state index >= 15 is 0 Å². The lowest BCUT2D eigenvalue weighted by atomic mass is 9.86. The number of fused-ring (bicyclic) bond motifs is 4. The monoisotopic (exact) mass is 549 g/mol. The molecule has 0 N–H and O–H groups in total. The number of anilines is 3. The molecule has 8 rings (SSSR count). The second-order valence-corrected chi connectivity index (χ2v) is 11.0. The Morgan fingerprint density at radius 3 is 1.84 bits per heavy atom. The van der Waals surface area contributed by atoms with Crippen LogP contribution in [-0.2, 0) is 0 Å². The van der Waals surface area contributed by atoms with Crippen LogP contribution in [0.5, 0.6) is 0 Å². The van der Waals surface area contributed by atoms with Gasteiger partial charge >= 0.3 is 0 Å². The van der Waals surface area contributed by atoms with E-state index < -0.39 is 0 Å². The first-order valence-corrected chi connectivity index (χ1v) is 14.7. The minimum absolute atomic E-state index is 0.876. The van der Waals surface area contributed by atoms with Gasteiger partial charge in [0.2, 0.25) is 0 Å². The largest absolute Gasteiger partial charge is 0.456 e. The Kier molecular flexibility index (Phi) is 6.08. The van der Waals surface area contributed by atoms with Crippen LogP contribution in [0.3, 0.4) is 0 Å². The fourth-order valence-electron chi connectivity index (χ4n) is 6.29. The van der Waals surface area contributed by atoms with Gasteiger partial charge in [-0.15, -0.1) is 0 Å². The average Bonchev–Trinajstić information content (AvgIpc) is 3.44. The third kappa shape index (κ3) is 4.38. The topological polar surface area (TPSA) is 16.4 Å². The van der Waals surface area contributed by atoms with Crippen LogP contribution in [0, 0.1) is 0 Å². The van der Waals surface area contributed by atoms with Crippen molar-refractivity contribution in [2.75, 3.05) is 4.90 Å². The van der Waals surface area contributed by atoms with E-state index in [0.717, 1.165) is 39.0 Å². The highest BCUT2D eigenvalue weighted by molar-refractivity contribution is 6.36. The summed E-state index contributed by atoms with van der Waals surface area (Å²) < 4.78 is 6.40. The minimum atomic E-state index is 0.876. The second kappa shape index (κ2) is 10.4. The summed E-state index contributed by atoms with van der Waals surface area (Å²) in [5.41, 5.74) is 11.1. The Balaban J connectivity index is 1.45. The van der Waals surface area contributed by atoms with E-state index in [1.54, 1.807) is 0 Å². The third-order valence-electron chi connectivity index (χ3n) is 8.39. The first-order valence-electron chi connectivity index (χ1n) is 14.7. The van der Waals surface area contributed by atoms with Crippen LogP contribution in [0.2, 0.25) is 0 Å². The van der Waals surface area contributed by atoms with E-state index in [2.05, 4.69) is 158 Å². The molecule has 0 spiro atoms. The molecule has 0 bridgehead atoms. The molecule has 202 valence electrons. The standard InChI is InChI=1S/C40H28BNO/c41-37-24-21-30(25-36(37)28-13-5-2-6-14-28)42(31-20-23-35-34-17-9-10-18-38(34)43-39(35)26-31)40-32-16-8-7-15-29(32)19-22-33(40)27-11-3-1-4-12-27/h1-26H,41H2. The van der Waals surface area contributed by atoms with Crippen LogP contribution < -0.4 is 10.4 Å². The van der Waals surface area contributed by atoms with Crippen molar-refractivity contribution in [1.29, 1.82) is 0 Å². The zero-order valence-corrected chi connectivity index (χ0v) is 23.9. The average molecular weight is 549 g/mol. The van der Waals surface area contributed by atoms with Crippen molar-refractivity contribution in [1.82, 2.24) is 0 Å². The van der Waals surface area contributed by atoms with Crippen LogP contribution >= 0.6 is 0 Å². The molecule has 2 nitrogen and oxygen atoms in total. The van der Waals surface area contributed by atoms with Crippen molar-refractivity contribution in [3.8, 4) is 22.3 Å². The zero-order valence-electron chi connectivity index (χ0n) is 23.9. The first-order chi connectivity index (χ1) is 21.2. The van der Waals surface area contributed by atoms with E-state index in [0.29, 0.717) is 0 Å². The quantitative estimate of drug-likeness (QED) is 0.199. The number of nitrogens with zero attached hydrogens (tertiary/aromatic N) is 1. The molecule has 0 unspecified atom stereocenters. The maximum atomic E-state index is 6.40. The second-order valence-electron chi connectivity index (χ2n) is 11.0. The lowest BCUT2D eigenvalue weighted by Crippen LogP contribution is -2.14. The van der Waals surface area contributed by atoms with Crippen LogP contribution in [-0.4, -0.2) is 7.85 Å². The molecule has 7 aromatic carbocycles. The number of rotatable bonds is 5. The summed E-state index contributed by atoms with van der Waals surface area (Å²) in [5, 5.41) is 4.64. The maximum Gasteiger partial charge on any atom is 0.140 e. The molecule has 0 amide bonds. The van der Waals surface area contributed by atoms with Crippen LogP contribution in [0.15, 0.2) is 162 Å². The van der Waals surface area contributed by atoms with E-state index in [1.807, 2.05) is 12.1 Å². The van der Waals surface area contributed by atoms with E-state index in [-0.39, 0.29) is 0 Å². The molecule has 1 aromatic heterocycles. The Labute approximate surface area is 251 Å². The van der Waals surface area contributed by atoms with Gasteiger partial charge in [0.05, 0.1) is 5.69 Å². The van der Waals surface area contributed by atoms with Gasteiger partial charge in [0.25, 0.3) is 0 Å². The number of benzene rings is 7. The van der Waals surface area contributed by atoms with Crippen molar-refractivity contribution in [2.24, 2.45) is 0 Å². The lowest BCUT2D eigenvalue weighted by Gasteiger charge is -2.30. The van der Waals surface area contributed by atoms with E-state index in [9.17, 15) is 0 Å². The summed E-state index contributed by atoms with van der Waals surface area (Å²) in [6, 6.07) is 56.1. The molecule has 0 saturated heterocycles. The molecular formula is C40H28BNO. The molecule has 3 heteroatoms. The smallest absolute Gasteiger partial charge is 0.140 e. The fourth-order valence-corrected chi connectivity index (χ4v) is 6.29. The summed E-state index contributed by atoms with van der Waals surface area (Å²) >= 11 is 0. The molecule has 0 saturated carbocycles. The highest BCUT2D eigenvalue weighted by atomic mass is 16.3. The van der Waals surface area contributed by atoms with Crippen LogP contribution in [0.25, 0.3) is 55.0 Å². The van der Waals surface area contributed by atoms with Gasteiger partial charge in [0.15, 0.2) is 0 Å². The molecule has 43 heavy (non-hydrogen) atoms. The van der Waals surface area contributed by atoms with Crippen LogP contribution in [0.4, 0.5) is 17.1 Å². The van der Waals surface area contributed by atoms with Gasteiger partial charge in [-0.1, -0.05) is 127 Å². The summed E-state index contributed by atoms with van der Waals surface area (Å²) in [7, 11) is 2.18. The predicted octanol–water partition coefficient (Wildman–Crippen LogP) is 9.80. The molecular weight excluding hydrogens is 521 g/mol. The molecule has 0 fully saturated rings. The number of hydrogen-bond donors (Lipinski definition) is 0. The Morgan fingerprint density at radius 2 is 1.05 bits per heavy atom. The predicted molar refractivity (Wildman–Crippen MR) is 185 cm³/mol. The van der Waals surface area contributed by atoms with E-state index in [4.69, 9.17) is 4.42 Å². The Morgan fingerprint density at radius 1 is 0.442 bits per heavy atom. The van der Waals surface area contributed by atoms with Crippen molar-refractivity contribution in [2.45, 2.75) is 0 Å². The fraction of sp³-hybridized carbons (Fsp3) is 0. The number of hydrogen-bond acceptors (Lipinski definition) is 2. The zero-order chi connectivity index (χ0) is 28.8. The normalized spacial score (nSPS) is 11.3. The van der Waals surface area contributed by atoms with Gasteiger partial charge in [0.1, 0.15) is 19.0 Å². The molecule has 0 atom stereocenters. The summed E-state index contributed by atoms with van der Waals surface area (Å²) in [4.78, 5) is 2.41. The molecule has 0 aliphatic rings. The highest BCUT2D eigenvalue weighted by Gasteiger charge is 2.22. The maximum absolute atomic E-state index is 6.40. The molecule has 1 heterocycles. The Bertz CT molecular complexity index is 2250. The van der Waals surface area contributed by atoms with Gasteiger partial charge < -0.3 is 9.32 Å². The lowest BCUT2D eigenvalue weighted by molar-refractivity contribution is 0.669. The van der Waals surface area contributed by atoms with Crippen molar-refractivity contribution >= 4 is 63.1 Å². The van der Waals surface area contributed by atoms with Gasteiger partial charge in [-0.05, 0) is 52.4 Å². The van der Waals surface area contributed by atoms with E-state index in [1.165, 1.54) is 38.5 Å². The molecule has 0 radical (unpaired) electrons. The highest BCUT2D eigenvalue weighted by Crippen LogP contribution is 2.46. The van der Waals surface area contributed by atoms with Gasteiger partial charge in [-0.2, -0.15) is 0 Å². The summed E-state index contributed by atoms with van der Waals surface area (Å²) in [6.45, 7) is 0. The molecule has 8 aromatic rings. The Hall–Kier alpha value is -5.54. The third-order valence-corrected chi connectivity index (χ3v) is 8.39. The van der Waals surface area contributed by atoms with Gasteiger partial charge in [0, 0.05) is 39.2 Å². The van der Waals surface area contributed by atoms with Gasteiger partial charge in [-0.3, -0.25) is 0 Å². The summed E-state index contributed by atoms with van der Waals surface area (Å²) in [5.74, 6) is 0. The van der Waals surface area contributed by atoms with Crippen molar-refractivity contribution in [3.05, 3.63) is 158 Å². The number of furan rings is 1. The number of para-hydroxylation sites is 1. The first kappa shape index (κ1) is 25.2. The van der Waals surface area contributed by atoms with Crippen molar-refractivity contribution < 1.29 is 4.42 Å². The van der Waals surface area contributed by atoms with Gasteiger partial charge in [-0.25, -0.2) is 0 Å². The molecule has 0 aliphatic carbocycles. The van der Waals surface area contributed by atoms with Crippen molar-refractivity contribution in [3.63, 3.8) is 0 Å². The SMILES string of the molecule is Bc1ccc(N(c2ccc3c(c2)oc2ccccc23)c2c(-c3ccccc3)ccc3ccccc23)cc1-c1ccccc1. The molecule has 0 aliphatic heterocycles. The summed E-state index contributed by atoms with van der Waals surface area (Å²) in [6.07, 6.45) is 0.